The molecule has 6 nitrogen and oxygen atoms in total. The maximum absolute atomic E-state index is 5.74. The molecule has 1 aromatic carbocycles. The van der Waals surface area contributed by atoms with E-state index in [4.69, 9.17) is 4.74 Å². The van der Waals surface area contributed by atoms with Crippen LogP contribution in [0.2, 0.25) is 0 Å². The van der Waals surface area contributed by atoms with Crippen LogP contribution in [0.5, 0.6) is 5.75 Å². The van der Waals surface area contributed by atoms with Crippen molar-refractivity contribution >= 4 is 32.9 Å². The van der Waals surface area contributed by atoms with E-state index in [1.807, 2.05) is 36.4 Å². The van der Waals surface area contributed by atoms with Crippen LogP contribution in [0, 0.1) is 0 Å². The van der Waals surface area contributed by atoms with Crippen LogP contribution in [0.25, 0.3) is 10.2 Å². The number of hydrogen-bond acceptors (Lipinski definition) is 7. The fraction of sp³-hybridized carbons (Fsp3) is 0.278. The number of para-hydroxylation sites is 1. The minimum atomic E-state index is 0.683. The van der Waals surface area contributed by atoms with Crippen LogP contribution in [0.15, 0.2) is 47.7 Å². The van der Waals surface area contributed by atoms with E-state index in [2.05, 4.69) is 39.5 Å². The zero-order chi connectivity index (χ0) is 17.5. The number of ether oxygens (including phenoxy) is 1. The predicted molar refractivity (Wildman–Crippen MR) is 104 cm³/mol. The van der Waals surface area contributed by atoms with Crippen LogP contribution in [-0.4, -0.2) is 48.3 Å². The van der Waals surface area contributed by atoms with E-state index in [0.29, 0.717) is 6.61 Å². The molecule has 130 valence electrons. The molecule has 7 heteroatoms. The Kier molecular flexibility index (Phi) is 5.92. The Bertz CT molecular complexity index is 813. The van der Waals surface area contributed by atoms with Crippen molar-refractivity contribution < 1.29 is 4.74 Å². The van der Waals surface area contributed by atoms with E-state index < -0.39 is 0 Å². The molecular weight excluding hydrogens is 334 g/mol. The maximum Gasteiger partial charge on any atom is 0.204 e. The van der Waals surface area contributed by atoms with Gasteiger partial charge in [-0.2, -0.15) is 5.10 Å². The van der Waals surface area contributed by atoms with E-state index in [1.54, 1.807) is 23.7 Å². The number of nitrogens with one attached hydrogen (secondary N) is 1. The molecule has 0 amide bonds. The second-order valence-corrected chi connectivity index (χ2v) is 6.81. The first kappa shape index (κ1) is 17.3. The molecule has 0 fully saturated rings. The number of fused-ring (bicyclic) bond motifs is 1. The molecular formula is C18H21N5OS. The summed E-state index contributed by atoms with van der Waals surface area (Å²) in [6.07, 6.45) is 4.37. The number of anilines is 1. The Morgan fingerprint density at radius 3 is 3.00 bits per heavy atom. The van der Waals surface area contributed by atoms with E-state index in [-0.39, 0.29) is 0 Å². The zero-order valence-electron chi connectivity index (χ0n) is 14.3. The van der Waals surface area contributed by atoms with Gasteiger partial charge in [0.05, 0.1) is 28.7 Å². The first-order chi connectivity index (χ1) is 12.2. The fourth-order valence-electron chi connectivity index (χ4n) is 2.23. The number of aromatic nitrogens is 2. The van der Waals surface area contributed by atoms with E-state index >= 15 is 0 Å². The summed E-state index contributed by atoms with van der Waals surface area (Å²) in [6.45, 7) is 1.69. The van der Waals surface area contributed by atoms with Crippen LogP contribution in [0.1, 0.15) is 12.1 Å². The Labute approximate surface area is 151 Å². The largest absolute Gasteiger partial charge is 0.493 e. The normalized spacial score (nSPS) is 11.5. The number of thiazole rings is 1. The lowest BCUT2D eigenvalue weighted by Gasteiger charge is -2.10. The summed E-state index contributed by atoms with van der Waals surface area (Å²) in [5.74, 6) is 0.801. The molecule has 0 spiro atoms. The van der Waals surface area contributed by atoms with Crippen molar-refractivity contribution in [1.29, 1.82) is 0 Å². The van der Waals surface area contributed by atoms with Gasteiger partial charge in [-0.25, -0.2) is 4.98 Å². The van der Waals surface area contributed by atoms with Crippen molar-refractivity contribution in [2.24, 2.45) is 5.10 Å². The summed E-state index contributed by atoms with van der Waals surface area (Å²) in [6, 6.07) is 11.7. The Hall–Kier alpha value is -2.51. The van der Waals surface area contributed by atoms with E-state index in [9.17, 15) is 0 Å². The zero-order valence-corrected chi connectivity index (χ0v) is 15.2. The third-order valence-corrected chi connectivity index (χ3v) is 4.36. The van der Waals surface area contributed by atoms with Crippen molar-refractivity contribution in [3.8, 4) is 5.75 Å². The van der Waals surface area contributed by atoms with Gasteiger partial charge in [-0.15, -0.1) is 0 Å². The van der Waals surface area contributed by atoms with Gasteiger partial charge in [0.1, 0.15) is 5.75 Å². The summed E-state index contributed by atoms with van der Waals surface area (Å²) >= 11 is 1.57. The fourth-order valence-corrected chi connectivity index (χ4v) is 3.05. The molecule has 25 heavy (non-hydrogen) atoms. The van der Waals surface area contributed by atoms with Crippen molar-refractivity contribution in [3.05, 3.63) is 48.3 Å². The van der Waals surface area contributed by atoms with Crippen LogP contribution < -0.4 is 10.2 Å². The highest BCUT2D eigenvalue weighted by molar-refractivity contribution is 7.22. The molecule has 0 atom stereocenters. The quantitative estimate of drug-likeness (QED) is 0.381. The molecule has 2 heterocycles. The van der Waals surface area contributed by atoms with Crippen LogP contribution in [-0.2, 0) is 0 Å². The monoisotopic (exact) mass is 355 g/mol. The molecule has 0 saturated carbocycles. The van der Waals surface area contributed by atoms with Gasteiger partial charge in [-0.05, 0) is 38.7 Å². The number of hydrogen-bond donors (Lipinski definition) is 1. The molecule has 0 aliphatic carbocycles. The highest BCUT2D eigenvalue weighted by Gasteiger charge is 2.01. The molecule has 3 aromatic rings. The number of nitrogens with zero attached hydrogens (tertiary/aromatic N) is 4. The molecule has 0 saturated heterocycles. The molecule has 0 bridgehead atoms. The summed E-state index contributed by atoms with van der Waals surface area (Å²) in [5.41, 5.74) is 4.66. The van der Waals surface area contributed by atoms with Crippen LogP contribution in [0.3, 0.4) is 0 Å². The van der Waals surface area contributed by atoms with Gasteiger partial charge in [0.25, 0.3) is 0 Å². The van der Waals surface area contributed by atoms with Gasteiger partial charge in [-0.3, -0.25) is 10.4 Å². The van der Waals surface area contributed by atoms with Crippen molar-refractivity contribution in [3.63, 3.8) is 0 Å². The van der Waals surface area contributed by atoms with Gasteiger partial charge >= 0.3 is 0 Å². The smallest absolute Gasteiger partial charge is 0.204 e. The lowest BCUT2D eigenvalue weighted by Crippen LogP contribution is -2.15. The number of benzene rings is 1. The average Bonchev–Trinajstić information content (AvgIpc) is 3.02. The Morgan fingerprint density at radius 1 is 1.28 bits per heavy atom. The van der Waals surface area contributed by atoms with Crippen molar-refractivity contribution in [2.45, 2.75) is 6.42 Å². The molecule has 2 aromatic heterocycles. The van der Waals surface area contributed by atoms with E-state index in [1.165, 1.54) is 0 Å². The first-order valence-electron chi connectivity index (χ1n) is 8.09. The lowest BCUT2D eigenvalue weighted by atomic mass is 10.3. The second kappa shape index (κ2) is 8.55. The summed E-state index contributed by atoms with van der Waals surface area (Å²) in [4.78, 5) is 10.9. The Balaban J connectivity index is 1.55. The minimum Gasteiger partial charge on any atom is -0.493 e. The van der Waals surface area contributed by atoms with Gasteiger partial charge in [0.2, 0.25) is 5.13 Å². The van der Waals surface area contributed by atoms with Crippen LogP contribution >= 0.6 is 11.3 Å². The van der Waals surface area contributed by atoms with Crippen molar-refractivity contribution in [1.82, 2.24) is 14.9 Å². The van der Waals surface area contributed by atoms with Gasteiger partial charge in [0.15, 0.2) is 0 Å². The van der Waals surface area contributed by atoms with Crippen molar-refractivity contribution in [2.75, 3.05) is 32.7 Å². The van der Waals surface area contributed by atoms with Gasteiger partial charge in [0, 0.05) is 18.8 Å². The third-order valence-electron chi connectivity index (χ3n) is 3.42. The van der Waals surface area contributed by atoms with E-state index in [0.717, 1.165) is 39.8 Å². The predicted octanol–water partition coefficient (Wildman–Crippen LogP) is 3.47. The number of hydrazone groups is 1. The summed E-state index contributed by atoms with van der Waals surface area (Å²) in [7, 11) is 4.11. The highest BCUT2D eigenvalue weighted by Crippen LogP contribution is 2.25. The number of rotatable bonds is 8. The lowest BCUT2D eigenvalue weighted by molar-refractivity contribution is 0.281. The maximum atomic E-state index is 5.74. The number of pyridine rings is 1. The summed E-state index contributed by atoms with van der Waals surface area (Å²) < 4.78 is 6.87. The highest BCUT2D eigenvalue weighted by atomic mass is 32.1. The second-order valence-electron chi connectivity index (χ2n) is 5.78. The molecule has 0 unspecified atom stereocenters. The topological polar surface area (TPSA) is 62.6 Å². The van der Waals surface area contributed by atoms with Gasteiger partial charge < -0.3 is 9.64 Å². The molecule has 3 rings (SSSR count). The first-order valence-corrected chi connectivity index (χ1v) is 8.90. The standard InChI is InChI=1S/C18H21N5OS/c1-23(2)10-5-11-24-15-8-9-19-14(12-15)13-20-22-18-21-16-6-3-4-7-17(16)25-18/h3-4,6-9,12-13H,5,10-11H2,1-2H3,(H,21,22)/b20-13+. The average molecular weight is 355 g/mol. The minimum absolute atomic E-state index is 0.683. The van der Waals surface area contributed by atoms with Gasteiger partial charge in [-0.1, -0.05) is 23.5 Å². The third kappa shape index (κ3) is 5.23. The Morgan fingerprint density at radius 2 is 2.16 bits per heavy atom. The molecule has 0 aliphatic rings. The molecule has 0 aliphatic heterocycles. The molecule has 0 radical (unpaired) electrons. The SMILES string of the molecule is CN(C)CCCOc1ccnc(/C=N/Nc2nc3ccccc3s2)c1. The summed E-state index contributed by atoms with van der Waals surface area (Å²) in [5, 5.41) is 4.97. The molecule has 1 N–H and O–H groups in total. The van der Waals surface area contributed by atoms with Crippen LogP contribution in [0.4, 0.5) is 5.13 Å².